The van der Waals surface area contributed by atoms with Gasteiger partial charge in [0.25, 0.3) is 0 Å². The Morgan fingerprint density at radius 2 is 2.00 bits per heavy atom. The Morgan fingerprint density at radius 1 is 1.19 bits per heavy atom. The fourth-order valence-corrected chi connectivity index (χ4v) is 2.40. The van der Waals surface area contributed by atoms with Crippen molar-refractivity contribution in [3.8, 4) is 17.2 Å². The lowest BCUT2D eigenvalue weighted by molar-refractivity contribution is 0.318. The highest BCUT2D eigenvalue weighted by atomic mass is 79.9. The van der Waals surface area contributed by atoms with E-state index in [2.05, 4.69) is 21.2 Å². The van der Waals surface area contributed by atoms with E-state index >= 15 is 0 Å². The predicted molar refractivity (Wildman–Crippen MR) is 87.3 cm³/mol. The number of rotatable bonds is 6. The molecule has 0 fully saturated rings. The number of phenols is 1. The van der Waals surface area contributed by atoms with Crippen molar-refractivity contribution in [2.75, 3.05) is 19.0 Å². The van der Waals surface area contributed by atoms with Gasteiger partial charge in [0.05, 0.1) is 13.7 Å². The minimum absolute atomic E-state index is 0.157. The van der Waals surface area contributed by atoms with Crippen LogP contribution >= 0.6 is 15.9 Å². The number of aromatic hydroxyl groups is 1. The van der Waals surface area contributed by atoms with E-state index in [0.717, 1.165) is 21.5 Å². The number of methoxy groups -OCH3 is 1. The molecule has 2 rings (SSSR count). The molecule has 2 aromatic rings. The molecule has 0 aliphatic carbocycles. The van der Waals surface area contributed by atoms with Gasteiger partial charge in [-0.2, -0.15) is 0 Å². The minimum Gasteiger partial charge on any atom is -0.504 e. The monoisotopic (exact) mass is 351 g/mol. The van der Waals surface area contributed by atoms with E-state index in [1.54, 1.807) is 13.2 Å². The van der Waals surface area contributed by atoms with Crippen molar-refractivity contribution in [2.24, 2.45) is 0 Å². The van der Waals surface area contributed by atoms with Crippen LogP contribution in [0.5, 0.6) is 17.2 Å². The molecule has 0 spiro atoms. The topological polar surface area (TPSA) is 50.7 Å². The first kappa shape index (κ1) is 15.5. The van der Waals surface area contributed by atoms with Crippen LogP contribution in [0.15, 0.2) is 40.9 Å². The highest BCUT2D eigenvalue weighted by molar-refractivity contribution is 9.10. The first-order valence-corrected chi connectivity index (χ1v) is 7.45. The Bertz CT molecular complexity index is 616. The smallest absolute Gasteiger partial charge is 0.161 e. The van der Waals surface area contributed by atoms with Crippen LogP contribution in [0.25, 0.3) is 0 Å². The van der Waals surface area contributed by atoms with Gasteiger partial charge in [-0.25, -0.2) is 0 Å². The van der Waals surface area contributed by atoms with Gasteiger partial charge >= 0.3 is 0 Å². The largest absolute Gasteiger partial charge is 0.504 e. The number of ether oxygens (including phenoxy) is 2. The first-order valence-electron chi connectivity index (χ1n) is 6.65. The lowest BCUT2D eigenvalue weighted by atomic mass is 10.2. The van der Waals surface area contributed by atoms with Crippen LogP contribution in [0.1, 0.15) is 12.5 Å². The second-order valence-corrected chi connectivity index (χ2v) is 5.38. The van der Waals surface area contributed by atoms with Gasteiger partial charge in [-0.05, 0) is 36.8 Å². The molecular formula is C16H18BrNO3. The van der Waals surface area contributed by atoms with Crippen LogP contribution in [-0.2, 0) is 6.54 Å². The molecule has 2 N–H and O–H groups in total. The summed E-state index contributed by atoms with van der Waals surface area (Å²) >= 11 is 3.45. The zero-order valence-electron chi connectivity index (χ0n) is 12.0. The number of benzene rings is 2. The molecule has 0 amide bonds. The standard InChI is InChI=1S/C16H18BrNO3/c1-3-21-16-6-11(4-5-15(16)19)10-18-13-7-12(17)8-14(9-13)20-2/h4-9,18-19H,3,10H2,1-2H3. The van der Waals surface area contributed by atoms with Gasteiger partial charge in [0.1, 0.15) is 5.75 Å². The quantitative estimate of drug-likeness (QED) is 0.819. The van der Waals surface area contributed by atoms with E-state index in [-0.39, 0.29) is 5.75 Å². The average molecular weight is 352 g/mol. The summed E-state index contributed by atoms with van der Waals surface area (Å²) in [5.41, 5.74) is 1.97. The van der Waals surface area contributed by atoms with Gasteiger partial charge in [0.15, 0.2) is 11.5 Å². The molecule has 0 radical (unpaired) electrons. The number of nitrogens with one attached hydrogen (secondary N) is 1. The van der Waals surface area contributed by atoms with Crippen LogP contribution in [0, 0.1) is 0 Å². The maximum atomic E-state index is 9.69. The van der Waals surface area contributed by atoms with E-state index in [4.69, 9.17) is 9.47 Å². The summed E-state index contributed by atoms with van der Waals surface area (Å²) in [5, 5.41) is 13.0. The van der Waals surface area contributed by atoms with E-state index in [0.29, 0.717) is 18.9 Å². The summed E-state index contributed by atoms with van der Waals surface area (Å²) in [6.07, 6.45) is 0. The minimum atomic E-state index is 0.157. The Hall–Kier alpha value is -1.88. The lowest BCUT2D eigenvalue weighted by Crippen LogP contribution is -2.01. The van der Waals surface area contributed by atoms with Crippen molar-refractivity contribution in [1.82, 2.24) is 0 Å². The summed E-state index contributed by atoms with van der Waals surface area (Å²) in [7, 11) is 1.64. The maximum Gasteiger partial charge on any atom is 0.161 e. The van der Waals surface area contributed by atoms with Crippen LogP contribution < -0.4 is 14.8 Å². The van der Waals surface area contributed by atoms with Crippen molar-refractivity contribution < 1.29 is 14.6 Å². The van der Waals surface area contributed by atoms with Gasteiger partial charge in [-0.1, -0.05) is 22.0 Å². The number of phenolic OH excluding ortho intramolecular Hbond substituents is 1. The van der Waals surface area contributed by atoms with Crippen molar-refractivity contribution in [3.63, 3.8) is 0 Å². The van der Waals surface area contributed by atoms with Crippen molar-refractivity contribution in [3.05, 3.63) is 46.4 Å². The Morgan fingerprint density at radius 3 is 2.71 bits per heavy atom. The molecule has 0 bridgehead atoms. The predicted octanol–water partition coefficient (Wildman–Crippen LogP) is 4.17. The summed E-state index contributed by atoms with van der Waals surface area (Å²) in [4.78, 5) is 0. The third-order valence-corrected chi connectivity index (χ3v) is 3.39. The fourth-order valence-electron chi connectivity index (χ4n) is 1.93. The first-order chi connectivity index (χ1) is 10.1. The van der Waals surface area contributed by atoms with Gasteiger partial charge in [0.2, 0.25) is 0 Å². The average Bonchev–Trinajstić information content (AvgIpc) is 2.47. The van der Waals surface area contributed by atoms with Gasteiger partial charge in [-0.3, -0.25) is 0 Å². The van der Waals surface area contributed by atoms with Crippen molar-refractivity contribution in [2.45, 2.75) is 13.5 Å². The van der Waals surface area contributed by atoms with E-state index in [1.807, 2.05) is 37.3 Å². The molecule has 0 aliphatic rings. The molecule has 0 aromatic heterocycles. The molecule has 0 saturated carbocycles. The lowest BCUT2D eigenvalue weighted by Gasteiger charge is -2.11. The third kappa shape index (κ3) is 4.29. The summed E-state index contributed by atoms with van der Waals surface area (Å²) in [6.45, 7) is 3.03. The molecule has 5 heteroatoms. The maximum absolute atomic E-state index is 9.69. The van der Waals surface area contributed by atoms with Gasteiger partial charge < -0.3 is 19.9 Å². The van der Waals surface area contributed by atoms with Crippen LogP contribution in [0.2, 0.25) is 0 Å². The molecule has 112 valence electrons. The van der Waals surface area contributed by atoms with Gasteiger partial charge in [0, 0.05) is 22.8 Å². The molecule has 0 atom stereocenters. The van der Waals surface area contributed by atoms with E-state index in [1.165, 1.54) is 0 Å². The SMILES string of the molecule is CCOc1cc(CNc2cc(Br)cc(OC)c2)ccc1O. The molecule has 4 nitrogen and oxygen atoms in total. The Balaban J connectivity index is 2.09. The molecule has 21 heavy (non-hydrogen) atoms. The van der Waals surface area contributed by atoms with Crippen LogP contribution in [-0.4, -0.2) is 18.8 Å². The zero-order chi connectivity index (χ0) is 15.2. The van der Waals surface area contributed by atoms with Crippen molar-refractivity contribution in [1.29, 1.82) is 0 Å². The fraction of sp³-hybridized carbons (Fsp3) is 0.250. The summed E-state index contributed by atoms with van der Waals surface area (Å²) in [5.74, 6) is 1.45. The molecule has 0 unspecified atom stereocenters. The zero-order valence-corrected chi connectivity index (χ0v) is 13.6. The summed E-state index contributed by atoms with van der Waals surface area (Å²) in [6, 6.07) is 11.1. The van der Waals surface area contributed by atoms with Crippen LogP contribution in [0.3, 0.4) is 0 Å². The molecule has 0 heterocycles. The highest BCUT2D eigenvalue weighted by Gasteiger charge is 2.04. The van der Waals surface area contributed by atoms with Crippen molar-refractivity contribution >= 4 is 21.6 Å². The third-order valence-electron chi connectivity index (χ3n) is 2.93. The molecule has 0 aliphatic heterocycles. The molecule has 2 aromatic carbocycles. The number of hydrogen-bond acceptors (Lipinski definition) is 4. The Labute approximate surface area is 132 Å². The van der Waals surface area contributed by atoms with E-state index < -0.39 is 0 Å². The molecule has 0 saturated heterocycles. The Kier molecular flexibility index (Phi) is 5.33. The number of halogens is 1. The second-order valence-electron chi connectivity index (χ2n) is 4.47. The second kappa shape index (κ2) is 7.22. The molecular weight excluding hydrogens is 334 g/mol. The van der Waals surface area contributed by atoms with E-state index in [9.17, 15) is 5.11 Å². The highest BCUT2D eigenvalue weighted by Crippen LogP contribution is 2.28. The summed E-state index contributed by atoms with van der Waals surface area (Å²) < 4.78 is 11.6. The number of hydrogen-bond donors (Lipinski definition) is 2. The van der Waals surface area contributed by atoms with Crippen LogP contribution in [0.4, 0.5) is 5.69 Å². The van der Waals surface area contributed by atoms with Gasteiger partial charge in [-0.15, -0.1) is 0 Å². The normalized spacial score (nSPS) is 10.2. The number of anilines is 1.